The fourth-order valence-electron chi connectivity index (χ4n) is 2.67. The molecule has 116 valence electrons. The van der Waals surface area contributed by atoms with Crippen molar-refractivity contribution in [1.82, 2.24) is 0 Å². The highest BCUT2D eigenvalue weighted by atomic mass is 19.1. The van der Waals surface area contributed by atoms with Crippen LogP contribution in [0.25, 0.3) is 11.0 Å². The van der Waals surface area contributed by atoms with Crippen LogP contribution in [0.15, 0.2) is 57.7 Å². The molecular weight excluding hydrogens is 297 g/mol. The van der Waals surface area contributed by atoms with E-state index in [2.05, 4.69) is 0 Å². The van der Waals surface area contributed by atoms with Crippen molar-refractivity contribution in [3.05, 3.63) is 81.5 Å². The Kier molecular flexibility index (Phi) is 3.70. The van der Waals surface area contributed by atoms with Gasteiger partial charge < -0.3 is 10.2 Å². The SMILES string of the molecule is C[C@H](c1ccccc1)c1c(C(N)=O)oc2ccc(F)cc2c1=O. The minimum atomic E-state index is -0.828. The Bertz CT molecular complexity index is 948. The largest absolute Gasteiger partial charge is 0.450 e. The van der Waals surface area contributed by atoms with Crippen LogP contribution in [0.3, 0.4) is 0 Å². The standard InChI is InChI=1S/C18H14FNO3/c1-10(11-5-3-2-4-6-11)15-16(21)13-9-12(19)7-8-14(13)23-17(15)18(20)22/h2-10H,1H3,(H2,20,22)/t10-/m1/s1. The van der Waals surface area contributed by atoms with E-state index < -0.39 is 23.1 Å². The van der Waals surface area contributed by atoms with E-state index >= 15 is 0 Å². The van der Waals surface area contributed by atoms with Gasteiger partial charge in [0, 0.05) is 5.92 Å². The number of carbonyl (C=O) groups excluding carboxylic acids is 1. The number of benzene rings is 2. The van der Waals surface area contributed by atoms with Crippen LogP contribution in [-0.4, -0.2) is 5.91 Å². The molecule has 0 saturated carbocycles. The molecule has 0 unspecified atom stereocenters. The Labute approximate surface area is 131 Å². The van der Waals surface area contributed by atoms with Gasteiger partial charge in [-0.15, -0.1) is 0 Å². The molecule has 0 spiro atoms. The van der Waals surface area contributed by atoms with E-state index in [9.17, 15) is 14.0 Å². The summed E-state index contributed by atoms with van der Waals surface area (Å²) in [5.41, 5.74) is 6.03. The van der Waals surface area contributed by atoms with Gasteiger partial charge in [-0.2, -0.15) is 0 Å². The van der Waals surface area contributed by atoms with Gasteiger partial charge in [0.2, 0.25) is 0 Å². The van der Waals surface area contributed by atoms with E-state index in [1.54, 1.807) is 6.92 Å². The maximum Gasteiger partial charge on any atom is 0.284 e. The molecule has 2 N–H and O–H groups in total. The van der Waals surface area contributed by atoms with E-state index in [1.807, 2.05) is 30.3 Å². The van der Waals surface area contributed by atoms with Gasteiger partial charge in [-0.1, -0.05) is 37.3 Å². The summed E-state index contributed by atoms with van der Waals surface area (Å²) in [6, 6.07) is 12.8. The lowest BCUT2D eigenvalue weighted by Gasteiger charge is -2.14. The molecule has 0 fully saturated rings. The number of rotatable bonds is 3. The number of halogens is 1. The Morgan fingerprint density at radius 2 is 1.87 bits per heavy atom. The molecule has 1 atom stereocenters. The molecule has 0 aliphatic carbocycles. The topological polar surface area (TPSA) is 73.3 Å². The lowest BCUT2D eigenvalue weighted by Crippen LogP contribution is -2.23. The van der Waals surface area contributed by atoms with Crippen LogP contribution in [0.1, 0.15) is 34.5 Å². The summed E-state index contributed by atoms with van der Waals surface area (Å²) in [5, 5.41) is 0.0905. The molecule has 0 aliphatic rings. The van der Waals surface area contributed by atoms with Crippen molar-refractivity contribution < 1.29 is 13.6 Å². The highest BCUT2D eigenvalue weighted by Crippen LogP contribution is 2.27. The maximum atomic E-state index is 13.5. The van der Waals surface area contributed by atoms with Crippen molar-refractivity contribution >= 4 is 16.9 Å². The highest BCUT2D eigenvalue weighted by molar-refractivity contribution is 5.94. The molecule has 1 heterocycles. The van der Waals surface area contributed by atoms with Crippen molar-refractivity contribution in [3.63, 3.8) is 0 Å². The second-order valence-corrected chi connectivity index (χ2v) is 5.31. The fourth-order valence-corrected chi connectivity index (χ4v) is 2.67. The molecular formula is C18H14FNO3. The second-order valence-electron chi connectivity index (χ2n) is 5.31. The highest BCUT2D eigenvalue weighted by Gasteiger charge is 2.24. The number of fused-ring (bicyclic) bond motifs is 1. The number of hydrogen-bond donors (Lipinski definition) is 1. The van der Waals surface area contributed by atoms with Gasteiger partial charge in [0.1, 0.15) is 11.4 Å². The van der Waals surface area contributed by atoms with Crippen LogP contribution in [-0.2, 0) is 0 Å². The monoisotopic (exact) mass is 311 g/mol. The summed E-state index contributed by atoms with van der Waals surface area (Å²) in [7, 11) is 0. The molecule has 0 saturated heterocycles. The molecule has 5 heteroatoms. The van der Waals surface area contributed by atoms with Gasteiger partial charge in [-0.3, -0.25) is 9.59 Å². The smallest absolute Gasteiger partial charge is 0.284 e. The number of nitrogens with two attached hydrogens (primary N) is 1. The Balaban J connectivity index is 2.34. The first-order valence-corrected chi connectivity index (χ1v) is 7.10. The summed E-state index contributed by atoms with van der Waals surface area (Å²) in [4.78, 5) is 24.5. The van der Waals surface area contributed by atoms with Crippen LogP contribution >= 0.6 is 0 Å². The summed E-state index contributed by atoms with van der Waals surface area (Å²) in [5.74, 6) is -1.98. The van der Waals surface area contributed by atoms with Gasteiger partial charge in [-0.25, -0.2) is 4.39 Å². The summed E-state index contributed by atoms with van der Waals surface area (Å²) in [6.45, 7) is 1.78. The first-order valence-electron chi connectivity index (χ1n) is 7.10. The van der Waals surface area contributed by atoms with Crippen LogP contribution in [0.4, 0.5) is 4.39 Å². The fraction of sp³-hybridized carbons (Fsp3) is 0.111. The summed E-state index contributed by atoms with van der Waals surface area (Å²) in [6.07, 6.45) is 0. The Morgan fingerprint density at radius 1 is 1.17 bits per heavy atom. The summed E-state index contributed by atoms with van der Waals surface area (Å²) < 4.78 is 19.0. The average Bonchev–Trinajstić information content (AvgIpc) is 2.55. The molecule has 23 heavy (non-hydrogen) atoms. The Hall–Kier alpha value is -2.95. The third-order valence-corrected chi connectivity index (χ3v) is 3.84. The van der Waals surface area contributed by atoms with Crippen LogP contribution in [0.2, 0.25) is 0 Å². The van der Waals surface area contributed by atoms with Gasteiger partial charge in [0.05, 0.1) is 10.9 Å². The predicted octanol–water partition coefficient (Wildman–Crippen LogP) is 3.18. The van der Waals surface area contributed by atoms with Gasteiger partial charge in [0.25, 0.3) is 5.91 Å². The van der Waals surface area contributed by atoms with Crippen molar-refractivity contribution in [2.75, 3.05) is 0 Å². The van der Waals surface area contributed by atoms with Gasteiger partial charge >= 0.3 is 0 Å². The Morgan fingerprint density at radius 3 is 2.52 bits per heavy atom. The minimum Gasteiger partial charge on any atom is -0.450 e. The molecule has 1 amide bonds. The van der Waals surface area contributed by atoms with E-state index in [4.69, 9.17) is 10.2 Å². The minimum absolute atomic E-state index is 0.0905. The molecule has 4 nitrogen and oxygen atoms in total. The molecule has 2 aromatic carbocycles. The second kappa shape index (κ2) is 5.68. The van der Waals surface area contributed by atoms with Gasteiger partial charge in [-0.05, 0) is 23.8 Å². The number of hydrogen-bond acceptors (Lipinski definition) is 3. The number of amides is 1. The molecule has 3 aromatic rings. The average molecular weight is 311 g/mol. The molecule has 0 aliphatic heterocycles. The van der Waals surface area contributed by atoms with Crippen LogP contribution in [0.5, 0.6) is 0 Å². The first-order chi connectivity index (χ1) is 11.0. The van der Waals surface area contributed by atoms with Crippen molar-refractivity contribution in [2.24, 2.45) is 5.73 Å². The summed E-state index contributed by atoms with van der Waals surface area (Å²) >= 11 is 0. The van der Waals surface area contributed by atoms with Gasteiger partial charge in [0.15, 0.2) is 11.2 Å². The van der Waals surface area contributed by atoms with E-state index in [-0.39, 0.29) is 22.3 Å². The van der Waals surface area contributed by atoms with Crippen LogP contribution in [0, 0.1) is 5.82 Å². The number of carbonyl (C=O) groups is 1. The van der Waals surface area contributed by atoms with E-state index in [0.29, 0.717) is 0 Å². The molecule has 1 aromatic heterocycles. The molecule has 0 radical (unpaired) electrons. The zero-order valence-corrected chi connectivity index (χ0v) is 12.4. The zero-order chi connectivity index (χ0) is 16.6. The van der Waals surface area contributed by atoms with E-state index in [1.165, 1.54) is 6.07 Å². The third-order valence-electron chi connectivity index (χ3n) is 3.84. The molecule has 3 rings (SSSR count). The van der Waals surface area contributed by atoms with Crippen molar-refractivity contribution in [1.29, 1.82) is 0 Å². The lowest BCUT2D eigenvalue weighted by molar-refractivity contribution is 0.0972. The molecule has 0 bridgehead atoms. The zero-order valence-electron chi connectivity index (χ0n) is 12.4. The van der Waals surface area contributed by atoms with Crippen molar-refractivity contribution in [2.45, 2.75) is 12.8 Å². The lowest BCUT2D eigenvalue weighted by atomic mass is 9.91. The van der Waals surface area contributed by atoms with Crippen LogP contribution < -0.4 is 11.2 Å². The van der Waals surface area contributed by atoms with E-state index in [0.717, 1.165) is 17.7 Å². The predicted molar refractivity (Wildman–Crippen MR) is 84.9 cm³/mol. The third kappa shape index (κ3) is 2.61. The first kappa shape index (κ1) is 15.0. The van der Waals surface area contributed by atoms with Crippen molar-refractivity contribution in [3.8, 4) is 0 Å². The normalized spacial score (nSPS) is 12.3. The maximum absolute atomic E-state index is 13.5. The quantitative estimate of drug-likeness (QED) is 0.807. The number of primary amides is 1.